The fraction of sp³-hybridized carbons (Fsp3) is 0.231. The van der Waals surface area contributed by atoms with Crippen LogP contribution >= 0.6 is 22.9 Å². The quantitative estimate of drug-likeness (QED) is 0.850. The maximum absolute atomic E-state index is 9.41. The van der Waals surface area contributed by atoms with Gasteiger partial charge in [-0.25, -0.2) is 0 Å². The third-order valence-corrected chi connectivity index (χ3v) is 4.33. The third kappa shape index (κ3) is 2.01. The van der Waals surface area contributed by atoms with Crippen molar-refractivity contribution >= 4 is 22.9 Å². The van der Waals surface area contributed by atoms with Crippen molar-refractivity contribution < 1.29 is 5.11 Å². The van der Waals surface area contributed by atoms with Gasteiger partial charge in [-0.1, -0.05) is 23.7 Å². The van der Waals surface area contributed by atoms with E-state index < -0.39 is 0 Å². The molecule has 84 valence electrons. The summed E-state index contributed by atoms with van der Waals surface area (Å²) in [5.41, 5.74) is 3.34. The molecule has 0 unspecified atom stereocenters. The molecule has 0 aliphatic carbocycles. The van der Waals surface area contributed by atoms with Crippen LogP contribution in [-0.2, 0) is 6.61 Å². The number of hydrogen-bond donors (Lipinski definition) is 1. The highest BCUT2D eigenvalue weighted by Gasteiger charge is 2.12. The fourth-order valence-electron chi connectivity index (χ4n) is 1.70. The van der Waals surface area contributed by atoms with Crippen LogP contribution in [0.4, 0.5) is 0 Å². The van der Waals surface area contributed by atoms with Gasteiger partial charge in [-0.2, -0.15) is 0 Å². The van der Waals surface area contributed by atoms with Crippen molar-refractivity contribution in [2.45, 2.75) is 20.5 Å². The van der Waals surface area contributed by atoms with E-state index in [1.54, 1.807) is 11.3 Å². The predicted octanol–water partition coefficient (Wildman–Crippen LogP) is 4.18. The van der Waals surface area contributed by atoms with Crippen LogP contribution in [0.25, 0.3) is 10.4 Å². The van der Waals surface area contributed by atoms with Gasteiger partial charge in [-0.05, 0) is 42.7 Å². The molecule has 1 aromatic heterocycles. The van der Waals surface area contributed by atoms with Gasteiger partial charge in [0.15, 0.2) is 0 Å². The number of thiophene rings is 1. The highest BCUT2D eigenvalue weighted by atomic mass is 35.5. The Hall–Kier alpha value is -0.830. The standard InChI is InChI=1S/C13H13ClOS/c1-8-9(2)16-13(12(8)7-15)10-3-5-11(14)6-4-10/h3-6,15H,7H2,1-2H3. The first-order chi connectivity index (χ1) is 7.63. The molecule has 0 amide bonds. The molecule has 1 aromatic carbocycles. The summed E-state index contributed by atoms with van der Waals surface area (Å²) < 4.78 is 0. The molecule has 0 saturated carbocycles. The molecular formula is C13H13ClOS. The average Bonchev–Trinajstić information content (AvgIpc) is 2.56. The Bertz CT molecular complexity index is 499. The van der Waals surface area contributed by atoms with E-state index in [0.717, 1.165) is 21.0 Å². The van der Waals surface area contributed by atoms with Crippen LogP contribution in [-0.4, -0.2) is 5.11 Å². The monoisotopic (exact) mass is 252 g/mol. The highest BCUT2D eigenvalue weighted by molar-refractivity contribution is 7.15. The molecule has 3 heteroatoms. The Morgan fingerprint density at radius 2 is 1.81 bits per heavy atom. The summed E-state index contributed by atoms with van der Waals surface area (Å²) in [5, 5.41) is 10.1. The Kier molecular flexibility index (Phi) is 3.33. The van der Waals surface area contributed by atoms with Crippen LogP contribution < -0.4 is 0 Å². The molecule has 0 fully saturated rings. The van der Waals surface area contributed by atoms with Crippen molar-refractivity contribution in [3.05, 3.63) is 45.3 Å². The number of aliphatic hydroxyl groups excluding tert-OH is 1. The van der Waals surface area contributed by atoms with Gasteiger partial charge in [-0.3, -0.25) is 0 Å². The molecule has 0 atom stereocenters. The molecule has 1 N–H and O–H groups in total. The van der Waals surface area contributed by atoms with Crippen molar-refractivity contribution in [2.75, 3.05) is 0 Å². The van der Waals surface area contributed by atoms with Crippen LogP contribution in [0.3, 0.4) is 0 Å². The second-order valence-corrected chi connectivity index (χ2v) is 5.42. The van der Waals surface area contributed by atoms with Crippen LogP contribution in [0.15, 0.2) is 24.3 Å². The lowest BCUT2D eigenvalue weighted by Crippen LogP contribution is -1.87. The first kappa shape index (κ1) is 11.6. The van der Waals surface area contributed by atoms with Gasteiger partial charge in [0.05, 0.1) is 6.61 Å². The molecule has 0 aliphatic heterocycles. The van der Waals surface area contributed by atoms with Gasteiger partial charge >= 0.3 is 0 Å². The van der Waals surface area contributed by atoms with Crippen molar-refractivity contribution in [3.63, 3.8) is 0 Å². The zero-order chi connectivity index (χ0) is 11.7. The van der Waals surface area contributed by atoms with Crippen molar-refractivity contribution in [1.82, 2.24) is 0 Å². The summed E-state index contributed by atoms with van der Waals surface area (Å²) in [6.07, 6.45) is 0. The number of aryl methyl sites for hydroxylation is 1. The molecule has 1 nitrogen and oxygen atoms in total. The minimum Gasteiger partial charge on any atom is -0.392 e. The maximum atomic E-state index is 9.41. The smallest absolute Gasteiger partial charge is 0.0698 e. The molecule has 0 saturated heterocycles. The van der Waals surface area contributed by atoms with Crippen molar-refractivity contribution in [3.8, 4) is 10.4 Å². The molecule has 2 rings (SSSR count). The number of hydrogen-bond acceptors (Lipinski definition) is 2. The lowest BCUT2D eigenvalue weighted by molar-refractivity contribution is 0.282. The van der Waals surface area contributed by atoms with E-state index in [2.05, 4.69) is 13.8 Å². The molecule has 16 heavy (non-hydrogen) atoms. The van der Waals surface area contributed by atoms with Gasteiger partial charge in [-0.15, -0.1) is 11.3 Å². The second kappa shape index (κ2) is 4.58. The van der Waals surface area contributed by atoms with E-state index in [4.69, 9.17) is 11.6 Å². The average molecular weight is 253 g/mol. The highest BCUT2D eigenvalue weighted by Crippen LogP contribution is 2.36. The SMILES string of the molecule is Cc1sc(-c2ccc(Cl)cc2)c(CO)c1C. The second-order valence-electron chi connectivity index (χ2n) is 3.76. The van der Waals surface area contributed by atoms with E-state index in [9.17, 15) is 5.11 Å². The normalized spacial score (nSPS) is 10.8. The topological polar surface area (TPSA) is 20.2 Å². The van der Waals surface area contributed by atoms with Crippen LogP contribution in [0.2, 0.25) is 5.02 Å². The number of halogens is 1. The van der Waals surface area contributed by atoms with Crippen molar-refractivity contribution in [2.24, 2.45) is 0 Å². The van der Waals surface area contributed by atoms with Crippen LogP contribution in [0, 0.1) is 13.8 Å². The van der Waals surface area contributed by atoms with Crippen LogP contribution in [0.5, 0.6) is 0 Å². The number of benzene rings is 1. The Balaban J connectivity index is 2.55. The van der Waals surface area contributed by atoms with Gasteiger partial charge in [0.1, 0.15) is 0 Å². The maximum Gasteiger partial charge on any atom is 0.0698 e. The Morgan fingerprint density at radius 3 is 2.38 bits per heavy atom. The molecule has 2 aromatic rings. The predicted molar refractivity (Wildman–Crippen MR) is 70.2 cm³/mol. The number of rotatable bonds is 2. The zero-order valence-corrected chi connectivity index (χ0v) is 10.8. The first-order valence-electron chi connectivity index (χ1n) is 5.09. The van der Waals surface area contributed by atoms with Gasteiger partial charge in [0, 0.05) is 14.8 Å². The summed E-state index contributed by atoms with van der Waals surface area (Å²) in [6.45, 7) is 4.23. The summed E-state index contributed by atoms with van der Waals surface area (Å²) >= 11 is 7.58. The molecule has 0 spiro atoms. The van der Waals surface area contributed by atoms with Crippen LogP contribution in [0.1, 0.15) is 16.0 Å². The Morgan fingerprint density at radius 1 is 1.19 bits per heavy atom. The van der Waals surface area contributed by atoms with Crippen molar-refractivity contribution in [1.29, 1.82) is 0 Å². The molecule has 0 bridgehead atoms. The van der Waals surface area contributed by atoms with Gasteiger partial charge in [0.2, 0.25) is 0 Å². The summed E-state index contributed by atoms with van der Waals surface area (Å²) in [7, 11) is 0. The largest absolute Gasteiger partial charge is 0.392 e. The fourth-order valence-corrected chi connectivity index (χ4v) is 3.00. The van der Waals surface area contributed by atoms with E-state index in [-0.39, 0.29) is 6.61 Å². The molecular weight excluding hydrogens is 240 g/mol. The number of aliphatic hydroxyl groups is 1. The molecule has 1 heterocycles. The lowest BCUT2D eigenvalue weighted by Gasteiger charge is -2.02. The lowest BCUT2D eigenvalue weighted by atomic mass is 10.1. The van der Waals surface area contributed by atoms with E-state index >= 15 is 0 Å². The summed E-state index contributed by atoms with van der Waals surface area (Å²) in [5.74, 6) is 0. The van der Waals surface area contributed by atoms with E-state index in [1.165, 1.54) is 10.4 Å². The summed E-state index contributed by atoms with van der Waals surface area (Å²) in [6, 6.07) is 7.74. The first-order valence-corrected chi connectivity index (χ1v) is 6.28. The zero-order valence-electron chi connectivity index (χ0n) is 9.25. The van der Waals surface area contributed by atoms with E-state index in [1.807, 2.05) is 24.3 Å². The minimum absolute atomic E-state index is 0.0914. The summed E-state index contributed by atoms with van der Waals surface area (Å²) in [4.78, 5) is 2.41. The van der Waals surface area contributed by atoms with E-state index in [0.29, 0.717) is 0 Å². The molecule has 0 aliphatic rings. The molecule has 0 radical (unpaired) electrons. The Labute approximate surface area is 104 Å². The third-order valence-electron chi connectivity index (χ3n) is 2.77. The van der Waals surface area contributed by atoms with Gasteiger partial charge < -0.3 is 5.11 Å². The van der Waals surface area contributed by atoms with Gasteiger partial charge in [0.25, 0.3) is 0 Å². The minimum atomic E-state index is 0.0914.